The van der Waals surface area contributed by atoms with E-state index < -0.39 is 30.2 Å². The summed E-state index contributed by atoms with van der Waals surface area (Å²) in [6, 6.07) is 10.7. The van der Waals surface area contributed by atoms with Gasteiger partial charge in [0.1, 0.15) is 5.75 Å². The lowest BCUT2D eigenvalue weighted by atomic mass is 10.1. The lowest BCUT2D eigenvalue weighted by Gasteiger charge is -2.10. The number of carbonyl (C=O) groups is 2. The molecule has 2 rings (SSSR count). The van der Waals surface area contributed by atoms with Crippen LogP contribution in [0.25, 0.3) is 0 Å². The van der Waals surface area contributed by atoms with Crippen molar-refractivity contribution in [1.82, 2.24) is 5.32 Å². The zero-order valence-corrected chi connectivity index (χ0v) is 13.0. The van der Waals surface area contributed by atoms with E-state index in [0.717, 1.165) is 12.1 Å². The number of carbonyl (C=O) groups excluding carboxylic acids is 2. The maximum atomic E-state index is 12.6. The van der Waals surface area contributed by atoms with Crippen molar-refractivity contribution >= 4 is 11.8 Å². The molecule has 0 aliphatic carbocycles. The molecule has 0 saturated carbocycles. The summed E-state index contributed by atoms with van der Waals surface area (Å²) in [6.07, 6.45) is -4.48. The molecule has 0 saturated heterocycles. The monoisotopic (exact) mass is 352 g/mol. The fourth-order valence-corrected chi connectivity index (χ4v) is 2.00. The molecule has 2 aromatic rings. The van der Waals surface area contributed by atoms with Crippen LogP contribution in [-0.4, -0.2) is 18.4 Å². The molecule has 0 bridgehead atoms. The molecule has 132 valence electrons. The van der Waals surface area contributed by atoms with E-state index in [0.29, 0.717) is 11.1 Å². The second-order valence-electron chi connectivity index (χ2n) is 5.16. The molecule has 0 aromatic heterocycles. The molecule has 0 aliphatic heterocycles. The number of nitrogens with two attached hydrogens (primary N) is 1. The second-order valence-corrected chi connectivity index (χ2v) is 5.16. The number of ether oxygens (including phenoxy) is 1. The summed E-state index contributed by atoms with van der Waals surface area (Å²) in [6.45, 7) is -0.303. The summed E-state index contributed by atoms with van der Waals surface area (Å²) in [5.41, 5.74) is 5.28. The number of primary amides is 1. The zero-order valence-electron chi connectivity index (χ0n) is 13.0. The standard InChI is InChI=1S/C17H15F3N2O3/c18-17(19,20)13-5-2-6-14(8-13)25-10-15(23)22-9-11-3-1-4-12(7-11)16(21)24/h1-8H,9-10H2,(H2,21,24)(H,22,23). The lowest BCUT2D eigenvalue weighted by molar-refractivity contribution is -0.137. The first kappa shape index (κ1) is 18.3. The Bertz CT molecular complexity index is 776. The SMILES string of the molecule is NC(=O)c1cccc(CNC(=O)COc2cccc(C(F)(F)F)c2)c1. The van der Waals surface area contributed by atoms with E-state index in [-0.39, 0.29) is 12.3 Å². The molecule has 0 heterocycles. The number of halogens is 3. The first-order valence-electron chi connectivity index (χ1n) is 7.21. The van der Waals surface area contributed by atoms with Crippen LogP contribution in [0.1, 0.15) is 21.5 Å². The highest BCUT2D eigenvalue weighted by molar-refractivity contribution is 5.92. The van der Waals surface area contributed by atoms with Gasteiger partial charge in [0, 0.05) is 12.1 Å². The van der Waals surface area contributed by atoms with Gasteiger partial charge >= 0.3 is 6.18 Å². The molecule has 0 radical (unpaired) electrons. The van der Waals surface area contributed by atoms with Gasteiger partial charge in [-0.2, -0.15) is 13.2 Å². The molecule has 0 aliphatic rings. The van der Waals surface area contributed by atoms with Gasteiger partial charge in [-0.15, -0.1) is 0 Å². The van der Waals surface area contributed by atoms with E-state index in [1.807, 2.05) is 0 Å². The third-order valence-corrected chi connectivity index (χ3v) is 3.23. The highest BCUT2D eigenvalue weighted by atomic mass is 19.4. The molecule has 0 spiro atoms. The first-order chi connectivity index (χ1) is 11.8. The molecule has 5 nitrogen and oxygen atoms in total. The Labute approximate surface area is 141 Å². The van der Waals surface area contributed by atoms with Crippen molar-refractivity contribution in [2.45, 2.75) is 12.7 Å². The highest BCUT2D eigenvalue weighted by Gasteiger charge is 2.30. The van der Waals surface area contributed by atoms with E-state index in [9.17, 15) is 22.8 Å². The molecular weight excluding hydrogens is 337 g/mol. The van der Waals surface area contributed by atoms with Crippen LogP contribution in [0, 0.1) is 0 Å². The summed E-state index contributed by atoms with van der Waals surface area (Å²) in [5.74, 6) is -1.15. The van der Waals surface area contributed by atoms with Gasteiger partial charge in [0.2, 0.25) is 5.91 Å². The van der Waals surface area contributed by atoms with E-state index in [4.69, 9.17) is 10.5 Å². The number of benzene rings is 2. The van der Waals surface area contributed by atoms with Crippen LogP contribution in [0.3, 0.4) is 0 Å². The molecule has 0 atom stereocenters. The minimum atomic E-state index is -4.48. The third kappa shape index (κ3) is 5.52. The van der Waals surface area contributed by atoms with E-state index in [2.05, 4.69) is 5.32 Å². The summed E-state index contributed by atoms with van der Waals surface area (Å²) in [4.78, 5) is 22.8. The number of amides is 2. The van der Waals surface area contributed by atoms with Crippen LogP contribution in [0.2, 0.25) is 0 Å². The lowest BCUT2D eigenvalue weighted by Crippen LogP contribution is -2.28. The Kier molecular flexibility index (Phi) is 5.63. The van der Waals surface area contributed by atoms with Crippen molar-refractivity contribution in [3.05, 3.63) is 65.2 Å². The van der Waals surface area contributed by atoms with Crippen molar-refractivity contribution < 1.29 is 27.5 Å². The molecule has 25 heavy (non-hydrogen) atoms. The topological polar surface area (TPSA) is 81.4 Å². The highest BCUT2D eigenvalue weighted by Crippen LogP contribution is 2.31. The van der Waals surface area contributed by atoms with Gasteiger partial charge < -0.3 is 15.8 Å². The Morgan fingerprint density at radius 2 is 1.80 bits per heavy atom. The fraction of sp³-hybridized carbons (Fsp3) is 0.176. The summed E-state index contributed by atoms with van der Waals surface area (Å²) in [7, 11) is 0. The molecule has 0 unspecified atom stereocenters. The fourth-order valence-electron chi connectivity index (χ4n) is 2.00. The summed E-state index contributed by atoms with van der Waals surface area (Å²) >= 11 is 0. The summed E-state index contributed by atoms with van der Waals surface area (Å²) < 4.78 is 42.9. The van der Waals surface area contributed by atoms with Gasteiger partial charge in [-0.3, -0.25) is 9.59 Å². The average Bonchev–Trinajstić information content (AvgIpc) is 2.58. The normalized spacial score (nSPS) is 11.0. The van der Waals surface area contributed by atoms with Crippen LogP contribution < -0.4 is 15.8 Å². The Balaban J connectivity index is 1.87. The number of rotatable bonds is 6. The van der Waals surface area contributed by atoms with Crippen LogP contribution in [0.15, 0.2) is 48.5 Å². The second kappa shape index (κ2) is 7.69. The van der Waals surface area contributed by atoms with Crippen LogP contribution in [-0.2, 0) is 17.5 Å². The van der Waals surface area contributed by atoms with Crippen molar-refractivity contribution in [3.63, 3.8) is 0 Å². The van der Waals surface area contributed by atoms with E-state index in [1.54, 1.807) is 18.2 Å². The Morgan fingerprint density at radius 3 is 2.48 bits per heavy atom. The quantitative estimate of drug-likeness (QED) is 0.838. The van der Waals surface area contributed by atoms with Crippen molar-refractivity contribution in [2.24, 2.45) is 5.73 Å². The van der Waals surface area contributed by atoms with Gasteiger partial charge in [-0.25, -0.2) is 0 Å². The van der Waals surface area contributed by atoms with E-state index >= 15 is 0 Å². The number of hydrogen-bond donors (Lipinski definition) is 2. The zero-order chi connectivity index (χ0) is 18.4. The molecule has 3 N–H and O–H groups in total. The van der Waals surface area contributed by atoms with Crippen LogP contribution in [0.4, 0.5) is 13.2 Å². The third-order valence-electron chi connectivity index (χ3n) is 3.23. The molecule has 8 heteroatoms. The van der Waals surface area contributed by atoms with Gasteiger partial charge in [-0.1, -0.05) is 18.2 Å². The van der Waals surface area contributed by atoms with Gasteiger partial charge in [-0.05, 0) is 35.9 Å². The summed E-state index contributed by atoms with van der Waals surface area (Å²) in [5, 5.41) is 2.54. The molecular formula is C17H15F3N2O3. The minimum absolute atomic E-state index is 0.0549. The smallest absolute Gasteiger partial charge is 0.416 e. The van der Waals surface area contributed by atoms with Crippen molar-refractivity contribution in [1.29, 1.82) is 0 Å². The Hall–Kier alpha value is -3.03. The maximum Gasteiger partial charge on any atom is 0.416 e. The average molecular weight is 352 g/mol. The number of alkyl halides is 3. The first-order valence-corrected chi connectivity index (χ1v) is 7.21. The van der Waals surface area contributed by atoms with Crippen molar-refractivity contribution in [3.8, 4) is 5.75 Å². The van der Waals surface area contributed by atoms with Crippen molar-refractivity contribution in [2.75, 3.05) is 6.61 Å². The molecule has 0 fully saturated rings. The minimum Gasteiger partial charge on any atom is -0.484 e. The van der Waals surface area contributed by atoms with Crippen LogP contribution in [0.5, 0.6) is 5.75 Å². The predicted octanol–water partition coefficient (Wildman–Crippen LogP) is 2.50. The largest absolute Gasteiger partial charge is 0.484 e. The van der Waals surface area contributed by atoms with Gasteiger partial charge in [0.05, 0.1) is 5.56 Å². The predicted molar refractivity (Wildman–Crippen MR) is 83.7 cm³/mol. The van der Waals surface area contributed by atoms with E-state index in [1.165, 1.54) is 18.2 Å². The van der Waals surface area contributed by atoms with Gasteiger partial charge in [0.25, 0.3) is 5.91 Å². The van der Waals surface area contributed by atoms with Crippen LogP contribution >= 0.6 is 0 Å². The number of hydrogen-bond acceptors (Lipinski definition) is 3. The van der Waals surface area contributed by atoms with Gasteiger partial charge in [0.15, 0.2) is 6.61 Å². The molecule has 2 aromatic carbocycles. The Morgan fingerprint density at radius 1 is 1.08 bits per heavy atom. The maximum absolute atomic E-state index is 12.6. The number of nitrogens with one attached hydrogen (secondary N) is 1. The molecule has 2 amide bonds.